The van der Waals surface area contributed by atoms with Crippen molar-refractivity contribution in [2.24, 2.45) is 0 Å². The minimum Gasteiger partial charge on any atom is -0.368 e. The topological polar surface area (TPSA) is 66.7 Å². The lowest BCUT2D eigenvalue weighted by Gasteiger charge is -2.35. The van der Waals surface area contributed by atoms with Crippen LogP contribution >= 0.6 is 0 Å². The predicted molar refractivity (Wildman–Crippen MR) is 107 cm³/mol. The van der Waals surface area contributed by atoms with Gasteiger partial charge in [0.05, 0.1) is 4.92 Å². The van der Waals surface area contributed by atoms with Crippen LogP contribution < -0.4 is 4.90 Å². The molecule has 27 heavy (non-hydrogen) atoms. The van der Waals surface area contributed by atoms with E-state index in [1.807, 2.05) is 30.0 Å². The van der Waals surface area contributed by atoms with Gasteiger partial charge in [0, 0.05) is 50.1 Å². The number of nitrogens with zero attached hydrogens (tertiary/aromatic N) is 3. The molecule has 0 unspecified atom stereocenters. The molecule has 2 aromatic rings. The van der Waals surface area contributed by atoms with Crippen LogP contribution in [0.25, 0.3) is 6.08 Å². The Morgan fingerprint density at radius 3 is 2.30 bits per heavy atom. The summed E-state index contributed by atoms with van der Waals surface area (Å²) in [5, 5.41) is 10.7. The van der Waals surface area contributed by atoms with E-state index in [1.165, 1.54) is 17.7 Å². The van der Waals surface area contributed by atoms with Crippen LogP contribution in [0, 0.1) is 24.0 Å². The summed E-state index contributed by atoms with van der Waals surface area (Å²) in [5.41, 5.74) is 4.45. The second-order valence-corrected chi connectivity index (χ2v) is 6.78. The molecular weight excluding hydrogens is 342 g/mol. The standard InChI is InChI=1S/C21H23N3O3/c1-16-3-4-18(17(2)15-16)5-10-21(25)23-13-11-22(12-14-23)19-6-8-20(9-7-19)24(26)27/h3-10,15H,11-14H2,1-2H3/b10-5+. The van der Waals surface area contributed by atoms with E-state index in [0.29, 0.717) is 26.2 Å². The molecule has 0 N–H and O–H groups in total. The quantitative estimate of drug-likeness (QED) is 0.472. The maximum Gasteiger partial charge on any atom is 0.269 e. The van der Waals surface area contributed by atoms with Gasteiger partial charge in [-0.2, -0.15) is 0 Å². The highest BCUT2D eigenvalue weighted by Gasteiger charge is 2.20. The number of benzene rings is 2. The van der Waals surface area contributed by atoms with Crippen molar-refractivity contribution in [3.8, 4) is 0 Å². The molecule has 1 amide bonds. The first-order chi connectivity index (χ1) is 12.9. The van der Waals surface area contributed by atoms with Crippen molar-refractivity contribution in [2.45, 2.75) is 13.8 Å². The van der Waals surface area contributed by atoms with Gasteiger partial charge >= 0.3 is 0 Å². The van der Waals surface area contributed by atoms with Crippen LogP contribution in [-0.2, 0) is 4.79 Å². The first kappa shape index (κ1) is 18.6. The zero-order valence-corrected chi connectivity index (χ0v) is 15.6. The molecule has 1 aliphatic rings. The van der Waals surface area contributed by atoms with Crippen molar-refractivity contribution in [3.63, 3.8) is 0 Å². The summed E-state index contributed by atoms with van der Waals surface area (Å²) < 4.78 is 0. The molecule has 1 saturated heterocycles. The fourth-order valence-electron chi connectivity index (χ4n) is 3.25. The number of hydrogen-bond donors (Lipinski definition) is 0. The molecule has 0 atom stereocenters. The number of carbonyl (C=O) groups is 1. The highest BCUT2D eigenvalue weighted by Crippen LogP contribution is 2.21. The molecule has 2 aromatic carbocycles. The molecule has 0 aliphatic carbocycles. The number of nitro groups is 1. The van der Waals surface area contributed by atoms with E-state index >= 15 is 0 Å². The third-order valence-corrected chi connectivity index (χ3v) is 4.85. The van der Waals surface area contributed by atoms with E-state index in [4.69, 9.17) is 0 Å². The van der Waals surface area contributed by atoms with E-state index < -0.39 is 4.92 Å². The Bertz CT molecular complexity index is 867. The summed E-state index contributed by atoms with van der Waals surface area (Å²) in [6.45, 7) is 6.78. The lowest BCUT2D eigenvalue weighted by atomic mass is 10.1. The second-order valence-electron chi connectivity index (χ2n) is 6.78. The lowest BCUT2D eigenvalue weighted by molar-refractivity contribution is -0.384. The SMILES string of the molecule is Cc1ccc(/C=C/C(=O)N2CCN(c3ccc([N+](=O)[O-])cc3)CC2)c(C)c1. The smallest absolute Gasteiger partial charge is 0.269 e. The zero-order chi connectivity index (χ0) is 19.4. The fraction of sp³-hybridized carbons (Fsp3) is 0.286. The van der Waals surface area contributed by atoms with Gasteiger partial charge in [-0.25, -0.2) is 0 Å². The maximum absolute atomic E-state index is 12.5. The summed E-state index contributed by atoms with van der Waals surface area (Å²) in [4.78, 5) is 26.8. The lowest BCUT2D eigenvalue weighted by Crippen LogP contribution is -2.48. The van der Waals surface area contributed by atoms with Crippen molar-refractivity contribution in [1.29, 1.82) is 0 Å². The van der Waals surface area contributed by atoms with Crippen molar-refractivity contribution in [2.75, 3.05) is 31.1 Å². The molecule has 1 aliphatic heterocycles. The number of carbonyl (C=O) groups excluding carboxylic acids is 1. The molecule has 0 spiro atoms. The molecule has 0 saturated carbocycles. The van der Waals surface area contributed by atoms with Crippen LogP contribution in [0.3, 0.4) is 0 Å². The third kappa shape index (κ3) is 4.53. The fourth-order valence-corrected chi connectivity index (χ4v) is 3.25. The monoisotopic (exact) mass is 365 g/mol. The molecule has 6 nitrogen and oxygen atoms in total. The number of anilines is 1. The number of non-ortho nitro benzene ring substituents is 1. The van der Waals surface area contributed by atoms with Crippen molar-refractivity contribution in [1.82, 2.24) is 4.90 Å². The molecule has 0 bridgehead atoms. The van der Waals surface area contributed by atoms with E-state index in [2.05, 4.69) is 17.9 Å². The molecule has 1 heterocycles. The normalized spacial score (nSPS) is 14.6. The van der Waals surface area contributed by atoms with E-state index in [9.17, 15) is 14.9 Å². The van der Waals surface area contributed by atoms with Crippen molar-refractivity contribution < 1.29 is 9.72 Å². The molecular formula is C21H23N3O3. The average Bonchev–Trinajstić information content (AvgIpc) is 2.67. The molecule has 140 valence electrons. The zero-order valence-electron chi connectivity index (χ0n) is 15.6. The van der Waals surface area contributed by atoms with Crippen molar-refractivity contribution >= 4 is 23.4 Å². The first-order valence-electron chi connectivity index (χ1n) is 8.98. The van der Waals surface area contributed by atoms with E-state index in [0.717, 1.165) is 16.8 Å². The van der Waals surface area contributed by atoms with Crippen LogP contribution in [0.1, 0.15) is 16.7 Å². The largest absolute Gasteiger partial charge is 0.368 e. The second kappa shape index (κ2) is 8.03. The van der Waals surface area contributed by atoms with Gasteiger partial charge in [-0.05, 0) is 43.2 Å². The van der Waals surface area contributed by atoms with Gasteiger partial charge in [0.25, 0.3) is 5.69 Å². The number of amides is 1. The molecule has 0 radical (unpaired) electrons. The summed E-state index contributed by atoms with van der Waals surface area (Å²) in [5.74, 6) is 0.0123. The Morgan fingerprint density at radius 2 is 1.70 bits per heavy atom. The summed E-state index contributed by atoms with van der Waals surface area (Å²) in [6.07, 6.45) is 3.51. The van der Waals surface area contributed by atoms with E-state index in [1.54, 1.807) is 18.2 Å². The number of aryl methyl sites for hydroxylation is 2. The maximum atomic E-state index is 12.5. The Morgan fingerprint density at radius 1 is 1.04 bits per heavy atom. The van der Waals surface area contributed by atoms with Gasteiger partial charge in [0.1, 0.15) is 0 Å². The van der Waals surface area contributed by atoms with Gasteiger partial charge in [-0.15, -0.1) is 0 Å². The highest BCUT2D eigenvalue weighted by molar-refractivity contribution is 5.92. The predicted octanol–water partition coefficient (Wildman–Crippen LogP) is 3.57. The van der Waals surface area contributed by atoms with Crippen LogP contribution in [-0.4, -0.2) is 41.9 Å². The summed E-state index contributed by atoms with van der Waals surface area (Å²) in [6, 6.07) is 12.7. The van der Waals surface area contributed by atoms with E-state index in [-0.39, 0.29) is 11.6 Å². The summed E-state index contributed by atoms with van der Waals surface area (Å²) in [7, 11) is 0. The summed E-state index contributed by atoms with van der Waals surface area (Å²) >= 11 is 0. The minimum atomic E-state index is -0.400. The molecule has 1 fully saturated rings. The number of rotatable bonds is 4. The van der Waals surface area contributed by atoms with Gasteiger partial charge in [0.2, 0.25) is 5.91 Å². The van der Waals surface area contributed by atoms with Gasteiger partial charge < -0.3 is 9.80 Å². The Balaban J connectivity index is 1.57. The molecule has 3 rings (SSSR count). The Labute approximate surface area is 158 Å². The molecule has 0 aromatic heterocycles. The number of piperazine rings is 1. The highest BCUT2D eigenvalue weighted by atomic mass is 16.6. The average molecular weight is 365 g/mol. The number of hydrogen-bond acceptors (Lipinski definition) is 4. The van der Waals surface area contributed by atoms with Crippen LogP contribution in [0.2, 0.25) is 0 Å². The van der Waals surface area contributed by atoms with Gasteiger partial charge in [-0.1, -0.05) is 23.8 Å². The molecule has 6 heteroatoms. The third-order valence-electron chi connectivity index (χ3n) is 4.85. The van der Waals surface area contributed by atoms with Crippen LogP contribution in [0.15, 0.2) is 48.5 Å². The minimum absolute atomic E-state index is 0.0123. The van der Waals surface area contributed by atoms with Crippen molar-refractivity contribution in [3.05, 3.63) is 75.3 Å². The van der Waals surface area contributed by atoms with Gasteiger partial charge in [-0.3, -0.25) is 14.9 Å². The number of nitro benzene ring substituents is 1. The van der Waals surface area contributed by atoms with Crippen LogP contribution in [0.4, 0.5) is 11.4 Å². The first-order valence-corrected chi connectivity index (χ1v) is 8.98. The Kier molecular flexibility index (Phi) is 5.54. The van der Waals surface area contributed by atoms with Gasteiger partial charge in [0.15, 0.2) is 0 Å². The van der Waals surface area contributed by atoms with Crippen LogP contribution in [0.5, 0.6) is 0 Å². The Hall–Kier alpha value is -3.15.